The van der Waals surface area contributed by atoms with E-state index in [9.17, 15) is 0 Å². The molecule has 0 aliphatic rings. The number of fused-ring (bicyclic) bond motifs is 1. The molecule has 98 valence electrons. The largest absolute Gasteiger partial charge is 0.329 e. The molecule has 0 aliphatic heterocycles. The van der Waals surface area contributed by atoms with Gasteiger partial charge in [-0.2, -0.15) is 0 Å². The summed E-state index contributed by atoms with van der Waals surface area (Å²) in [4.78, 5) is 12.1. The maximum atomic E-state index is 5.45. The van der Waals surface area contributed by atoms with Gasteiger partial charge in [-0.15, -0.1) is 11.3 Å². The van der Waals surface area contributed by atoms with E-state index < -0.39 is 0 Å². The molecule has 0 bridgehead atoms. The summed E-state index contributed by atoms with van der Waals surface area (Å²) < 4.78 is 3.60. The van der Waals surface area contributed by atoms with E-state index in [1.165, 1.54) is 0 Å². The van der Waals surface area contributed by atoms with Crippen molar-refractivity contribution in [2.24, 2.45) is 0 Å². The smallest absolute Gasteiger partial charge is 0.180 e. The summed E-state index contributed by atoms with van der Waals surface area (Å²) in [6, 6.07) is 1.98. The standard InChI is InChI=1S/C12H11BrN4S2/c1-12(2,10-14-3-4-19-10)17-9-8(16-11(17)18)5-7(13)6-15-9/h3-6H,1-2H3,(H,16,18). The number of nitrogens with one attached hydrogen (secondary N) is 1. The van der Waals surface area contributed by atoms with Gasteiger partial charge in [0.25, 0.3) is 0 Å². The van der Waals surface area contributed by atoms with Crippen LogP contribution in [-0.2, 0) is 5.54 Å². The number of imidazole rings is 1. The van der Waals surface area contributed by atoms with Gasteiger partial charge in [-0.1, -0.05) is 0 Å². The van der Waals surface area contributed by atoms with E-state index in [0.29, 0.717) is 4.77 Å². The Labute approximate surface area is 127 Å². The molecule has 0 aliphatic carbocycles. The molecule has 7 heteroatoms. The molecule has 0 aromatic carbocycles. The Morgan fingerprint density at radius 2 is 2.21 bits per heavy atom. The molecule has 1 N–H and O–H groups in total. The molecule has 3 aromatic heterocycles. The zero-order chi connectivity index (χ0) is 13.6. The fourth-order valence-corrected chi connectivity index (χ4v) is 3.62. The van der Waals surface area contributed by atoms with Crippen LogP contribution in [0.4, 0.5) is 0 Å². The first-order valence-corrected chi connectivity index (χ1v) is 7.75. The molecular weight excluding hydrogens is 344 g/mol. The number of halogens is 1. The van der Waals surface area contributed by atoms with Gasteiger partial charge in [0.15, 0.2) is 10.4 Å². The van der Waals surface area contributed by atoms with Crippen molar-refractivity contribution in [1.29, 1.82) is 0 Å². The maximum absolute atomic E-state index is 5.45. The van der Waals surface area contributed by atoms with Crippen LogP contribution in [0.5, 0.6) is 0 Å². The minimum absolute atomic E-state index is 0.329. The van der Waals surface area contributed by atoms with Crippen LogP contribution in [0.3, 0.4) is 0 Å². The summed E-state index contributed by atoms with van der Waals surface area (Å²) in [5.41, 5.74) is 1.43. The number of H-pyrrole nitrogens is 1. The van der Waals surface area contributed by atoms with Crippen molar-refractivity contribution in [3.8, 4) is 0 Å². The zero-order valence-electron chi connectivity index (χ0n) is 10.3. The predicted molar refractivity (Wildman–Crippen MR) is 83.2 cm³/mol. The minimum atomic E-state index is -0.329. The Morgan fingerprint density at radius 1 is 1.42 bits per heavy atom. The Morgan fingerprint density at radius 3 is 2.89 bits per heavy atom. The quantitative estimate of drug-likeness (QED) is 0.704. The SMILES string of the molecule is CC(C)(c1nccs1)n1c(=S)[nH]c2cc(Br)cnc21. The van der Waals surface area contributed by atoms with Crippen molar-refractivity contribution in [1.82, 2.24) is 19.5 Å². The van der Waals surface area contributed by atoms with Crippen molar-refractivity contribution in [3.63, 3.8) is 0 Å². The summed E-state index contributed by atoms with van der Waals surface area (Å²) in [6.45, 7) is 4.19. The number of hydrogen-bond acceptors (Lipinski definition) is 4. The zero-order valence-corrected chi connectivity index (χ0v) is 13.6. The van der Waals surface area contributed by atoms with Gasteiger partial charge in [-0.25, -0.2) is 9.97 Å². The van der Waals surface area contributed by atoms with E-state index in [1.807, 2.05) is 22.2 Å². The van der Waals surface area contributed by atoms with Crippen LogP contribution in [0.25, 0.3) is 11.2 Å². The molecule has 0 spiro atoms. The van der Waals surface area contributed by atoms with Gasteiger partial charge in [0, 0.05) is 22.2 Å². The lowest BCUT2D eigenvalue weighted by Crippen LogP contribution is -2.27. The Kier molecular flexibility index (Phi) is 3.07. The second kappa shape index (κ2) is 4.50. The lowest BCUT2D eigenvalue weighted by Gasteiger charge is -2.24. The van der Waals surface area contributed by atoms with E-state index in [4.69, 9.17) is 12.2 Å². The molecule has 3 rings (SSSR count). The van der Waals surface area contributed by atoms with Crippen LogP contribution in [-0.4, -0.2) is 19.5 Å². The average molecular weight is 355 g/mol. The van der Waals surface area contributed by atoms with Gasteiger partial charge in [-0.3, -0.25) is 4.57 Å². The van der Waals surface area contributed by atoms with E-state index in [-0.39, 0.29) is 5.54 Å². The molecule has 3 aromatic rings. The normalized spacial score (nSPS) is 12.2. The van der Waals surface area contributed by atoms with Crippen molar-refractivity contribution < 1.29 is 0 Å². The average Bonchev–Trinajstić information content (AvgIpc) is 2.94. The molecule has 0 saturated heterocycles. The van der Waals surface area contributed by atoms with Gasteiger partial charge in [-0.05, 0) is 48.1 Å². The molecule has 19 heavy (non-hydrogen) atoms. The molecular formula is C12H11BrN4S2. The third-order valence-electron chi connectivity index (χ3n) is 3.00. The van der Waals surface area contributed by atoms with Crippen LogP contribution in [0.2, 0.25) is 0 Å². The predicted octanol–water partition coefficient (Wildman–Crippen LogP) is 4.10. The minimum Gasteiger partial charge on any atom is -0.329 e. The lowest BCUT2D eigenvalue weighted by molar-refractivity contribution is 0.438. The number of rotatable bonds is 2. The highest BCUT2D eigenvalue weighted by atomic mass is 79.9. The second-order valence-electron chi connectivity index (χ2n) is 4.69. The van der Waals surface area contributed by atoms with Crippen LogP contribution in [0.1, 0.15) is 18.9 Å². The summed E-state index contributed by atoms with van der Waals surface area (Å²) in [7, 11) is 0. The van der Waals surface area contributed by atoms with Crippen molar-refractivity contribution in [3.05, 3.63) is 38.1 Å². The Hall–Kier alpha value is -1.05. The topological polar surface area (TPSA) is 46.5 Å². The van der Waals surface area contributed by atoms with Crippen molar-refractivity contribution in [2.75, 3.05) is 0 Å². The van der Waals surface area contributed by atoms with E-state index in [2.05, 4.69) is 44.7 Å². The molecule has 4 nitrogen and oxygen atoms in total. The lowest BCUT2D eigenvalue weighted by atomic mass is 10.1. The van der Waals surface area contributed by atoms with Crippen LogP contribution in [0, 0.1) is 4.77 Å². The molecule has 0 atom stereocenters. The summed E-state index contributed by atoms with van der Waals surface area (Å²) >= 11 is 10.5. The van der Waals surface area contributed by atoms with E-state index >= 15 is 0 Å². The fourth-order valence-electron chi connectivity index (χ4n) is 2.11. The highest BCUT2D eigenvalue weighted by Gasteiger charge is 2.28. The van der Waals surface area contributed by atoms with Gasteiger partial charge < -0.3 is 4.98 Å². The summed E-state index contributed by atoms with van der Waals surface area (Å²) in [5.74, 6) is 0. The Balaban J connectivity index is 2.31. The van der Waals surface area contributed by atoms with Crippen LogP contribution in [0.15, 0.2) is 28.3 Å². The van der Waals surface area contributed by atoms with E-state index in [0.717, 1.165) is 20.6 Å². The summed E-state index contributed by atoms with van der Waals surface area (Å²) in [6.07, 6.45) is 3.59. The number of thiazole rings is 1. The molecule has 0 fully saturated rings. The third kappa shape index (κ3) is 2.05. The van der Waals surface area contributed by atoms with Gasteiger partial charge in [0.2, 0.25) is 0 Å². The van der Waals surface area contributed by atoms with Crippen molar-refractivity contribution >= 4 is 50.6 Å². The van der Waals surface area contributed by atoms with Crippen LogP contribution < -0.4 is 0 Å². The first-order chi connectivity index (χ1) is 9.00. The van der Waals surface area contributed by atoms with Crippen LogP contribution >= 0.6 is 39.5 Å². The van der Waals surface area contributed by atoms with Gasteiger partial charge >= 0.3 is 0 Å². The maximum Gasteiger partial charge on any atom is 0.180 e. The molecule has 3 heterocycles. The highest BCUT2D eigenvalue weighted by Crippen LogP contribution is 2.31. The van der Waals surface area contributed by atoms with Gasteiger partial charge in [0.1, 0.15) is 5.01 Å². The number of hydrogen-bond donors (Lipinski definition) is 1. The number of pyridine rings is 1. The molecule has 0 saturated carbocycles. The highest BCUT2D eigenvalue weighted by molar-refractivity contribution is 9.10. The first-order valence-electron chi connectivity index (χ1n) is 5.67. The molecule has 0 radical (unpaired) electrons. The Bertz CT molecular complexity index is 786. The first kappa shape index (κ1) is 13.0. The number of aromatic nitrogens is 4. The van der Waals surface area contributed by atoms with Gasteiger partial charge in [0.05, 0.1) is 11.1 Å². The summed E-state index contributed by atoms with van der Waals surface area (Å²) in [5, 5.41) is 2.98. The van der Waals surface area contributed by atoms with Crippen molar-refractivity contribution in [2.45, 2.75) is 19.4 Å². The second-order valence-corrected chi connectivity index (χ2v) is 6.88. The van der Waals surface area contributed by atoms with E-state index in [1.54, 1.807) is 17.5 Å². The number of nitrogens with zero attached hydrogens (tertiary/aromatic N) is 3. The monoisotopic (exact) mass is 354 g/mol. The third-order valence-corrected chi connectivity index (χ3v) is 4.81. The molecule has 0 amide bonds. The number of aromatic amines is 1. The molecule has 0 unspecified atom stereocenters. The fraction of sp³-hybridized carbons (Fsp3) is 0.250.